The number of hydrogen-bond donors (Lipinski definition) is 3. The lowest BCUT2D eigenvalue weighted by molar-refractivity contribution is 0.0247. The number of carbonyl (C=O) groups is 1. The van der Waals surface area contributed by atoms with Crippen molar-refractivity contribution in [1.29, 1.82) is 0 Å². The van der Waals surface area contributed by atoms with Gasteiger partial charge >= 0.3 is 6.03 Å². The largest absolute Gasteiger partial charge is 0.487 e. The number of pyridine rings is 1. The van der Waals surface area contributed by atoms with E-state index in [1.165, 1.54) is 6.07 Å². The molecule has 1 aliphatic rings. The molecule has 1 aromatic heterocycles. The van der Waals surface area contributed by atoms with Crippen LogP contribution in [0.5, 0.6) is 5.75 Å². The molecule has 0 unspecified atom stereocenters. The molecule has 0 fully saturated rings. The molecule has 4 rings (SSSR count). The molecule has 0 saturated heterocycles. The number of urea groups is 1. The Morgan fingerprint density at radius 1 is 1.13 bits per heavy atom. The maximum atomic E-state index is 13.0. The van der Waals surface area contributed by atoms with Gasteiger partial charge in [-0.25, -0.2) is 4.79 Å². The van der Waals surface area contributed by atoms with E-state index in [1.807, 2.05) is 43.3 Å². The molecule has 6 nitrogen and oxygen atoms in total. The van der Waals surface area contributed by atoms with Crippen LogP contribution in [0.15, 0.2) is 53.3 Å². The average molecular weight is 405 g/mol. The van der Waals surface area contributed by atoms with Crippen molar-refractivity contribution in [3.05, 3.63) is 70.0 Å². The lowest BCUT2D eigenvalue weighted by Crippen LogP contribution is -2.45. The number of anilines is 1. The molecular weight excluding hydrogens is 378 g/mol. The van der Waals surface area contributed by atoms with Gasteiger partial charge in [-0.05, 0) is 43.5 Å². The molecule has 2 heterocycles. The maximum Gasteiger partial charge on any atom is 0.319 e. The highest BCUT2D eigenvalue weighted by atomic mass is 16.5. The van der Waals surface area contributed by atoms with E-state index in [-0.39, 0.29) is 23.2 Å². The summed E-state index contributed by atoms with van der Waals surface area (Å²) in [4.78, 5) is 27.4. The van der Waals surface area contributed by atoms with Crippen LogP contribution in [0.1, 0.15) is 50.3 Å². The number of hydrogen-bond acceptors (Lipinski definition) is 3. The van der Waals surface area contributed by atoms with Crippen molar-refractivity contribution >= 4 is 22.6 Å². The minimum absolute atomic E-state index is 0.148. The Bertz CT molecular complexity index is 1150. The second-order valence-corrected chi connectivity index (χ2v) is 7.93. The normalized spacial score (nSPS) is 17.1. The molecule has 156 valence electrons. The first-order chi connectivity index (χ1) is 14.4. The highest BCUT2D eigenvalue weighted by Gasteiger charge is 2.39. The van der Waals surface area contributed by atoms with Crippen molar-refractivity contribution in [3.8, 4) is 5.75 Å². The van der Waals surface area contributed by atoms with Gasteiger partial charge in [0.05, 0.1) is 17.2 Å². The number of amides is 2. The zero-order chi connectivity index (χ0) is 21.3. The molecule has 2 aromatic carbocycles. The first kappa shape index (κ1) is 20.0. The first-order valence-corrected chi connectivity index (χ1v) is 10.4. The third kappa shape index (κ3) is 3.65. The molecule has 2 amide bonds. The Morgan fingerprint density at radius 3 is 2.67 bits per heavy atom. The molecule has 0 spiro atoms. The van der Waals surface area contributed by atoms with Crippen LogP contribution in [0.25, 0.3) is 10.9 Å². The highest BCUT2D eigenvalue weighted by Crippen LogP contribution is 2.42. The Balaban J connectivity index is 1.62. The Hall–Kier alpha value is -3.28. The molecule has 30 heavy (non-hydrogen) atoms. The predicted molar refractivity (Wildman–Crippen MR) is 119 cm³/mol. The minimum atomic E-state index is -0.291. The van der Waals surface area contributed by atoms with Crippen LogP contribution in [-0.4, -0.2) is 16.6 Å². The van der Waals surface area contributed by atoms with Gasteiger partial charge in [-0.1, -0.05) is 38.1 Å². The van der Waals surface area contributed by atoms with E-state index < -0.39 is 0 Å². The molecule has 6 heteroatoms. The fraction of sp³-hybridized carbons (Fsp3) is 0.333. The lowest BCUT2D eigenvalue weighted by Gasteiger charge is -2.41. The monoisotopic (exact) mass is 405 g/mol. The number of ether oxygens (including phenoxy) is 1. The SMILES string of the molecule is CCC1(CC)C[C@@H](NC(=O)Nc2c(C)ccc3[nH]c(=O)ccc23)c2ccccc2O1. The van der Waals surface area contributed by atoms with Crippen molar-refractivity contribution in [1.82, 2.24) is 10.3 Å². The fourth-order valence-corrected chi connectivity index (χ4v) is 4.25. The summed E-state index contributed by atoms with van der Waals surface area (Å²) in [6.45, 7) is 6.17. The van der Waals surface area contributed by atoms with Crippen molar-refractivity contribution in [3.63, 3.8) is 0 Å². The van der Waals surface area contributed by atoms with E-state index in [4.69, 9.17) is 4.74 Å². The van der Waals surface area contributed by atoms with Gasteiger partial charge in [0.15, 0.2) is 0 Å². The van der Waals surface area contributed by atoms with Gasteiger partial charge in [0.25, 0.3) is 0 Å². The summed E-state index contributed by atoms with van der Waals surface area (Å²) < 4.78 is 6.33. The van der Waals surface area contributed by atoms with Gasteiger partial charge in [0.2, 0.25) is 5.56 Å². The van der Waals surface area contributed by atoms with E-state index in [2.05, 4.69) is 29.5 Å². The van der Waals surface area contributed by atoms with Crippen LogP contribution in [0.3, 0.4) is 0 Å². The van der Waals surface area contributed by atoms with Crippen LogP contribution in [-0.2, 0) is 0 Å². The van der Waals surface area contributed by atoms with Gasteiger partial charge in [-0.3, -0.25) is 4.79 Å². The summed E-state index contributed by atoms with van der Waals surface area (Å²) >= 11 is 0. The van der Waals surface area contributed by atoms with Crippen molar-refractivity contribution in [2.24, 2.45) is 0 Å². The van der Waals surface area contributed by atoms with Gasteiger partial charge < -0.3 is 20.4 Å². The number of aromatic amines is 1. The number of para-hydroxylation sites is 1. The molecule has 3 aromatic rings. The fourth-order valence-electron chi connectivity index (χ4n) is 4.25. The minimum Gasteiger partial charge on any atom is -0.487 e. The summed E-state index contributed by atoms with van der Waals surface area (Å²) in [5.41, 5.74) is 2.84. The number of carbonyl (C=O) groups excluding carboxylic acids is 1. The molecule has 0 radical (unpaired) electrons. The third-order valence-electron chi connectivity index (χ3n) is 6.14. The molecule has 0 saturated carbocycles. The number of fused-ring (bicyclic) bond motifs is 2. The standard InChI is InChI=1S/C24H27N3O3/c1-4-24(5-2)14-19(16-8-6-7-9-20(16)30-24)26-23(29)27-22-15(3)10-12-18-17(22)11-13-21(28)25-18/h6-13,19H,4-5,14H2,1-3H3,(H,25,28)(H2,26,27,29)/t19-/m1/s1. The Morgan fingerprint density at radius 2 is 1.90 bits per heavy atom. The average Bonchev–Trinajstić information content (AvgIpc) is 2.75. The van der Waals surface area contributed by atoms with Crippen LogP contribution in [0, 0.1) is 6.92 Å². The van der Waals surface area contributed by atoms with Crippen molar-refractivity contribution in [2.75, 3.05) is 5.32 Å². The number of aryl methyl sites for hydroxylation is 1. The van der Waals surface area contributed by atoms with Crippen LogP contribution >= 0.6 is 0 Å². The number of nitrogens with one attached hydrogen (secondary N) is 3. The van der Waals surface area contributed by atoms with Crippen molar-refractivity contribution < 1.29 is 9.53 Å². The summed E-state index contributed by atoms with van der Waals surface area (Å²) in [5.74, 6) is 0.830. The summed E-state index contributed by atoms with van der Waals surface area (Å²) in [7, 11) is 0. The van der Waals surface area contributed by atoms with Crippen LogP contribution < -0.4 is 20.9 Å². The van der Waals surface area contributed by atoms with Crippen LogP contribution in [0.2, 0.25) is 0 Å². The quantitative estimate of drug-likeness (QED) is 0.569. The summed E-state index contributed by atoms with van der Waals surface area (Å²) in [6.07, 6.45) is 2.45. The van der Waals surface area contributed by atoms with Gasteiger partial charge in [-0.15, -0.1) is 0 Å². The smallest absolute Gasteiger partial charge is 0.319 e. The molecule has 1 aliphatic heterocycles. The number of H-pyrrole nitrogens is 1. The van der Waals surface area contributed by atoms with Crippen molar-refractivity contribution in [2.45, 2.75) is 51.7 Å². The molecule has 0 aliphatic carbocycles. The number of benzene rings is 2. The van der Waals surface area contributed by atoms with Gasteiger partial charge in [0, 0.05) is 23.4 Å². The molecule has 0 bridgehead atoms. The molecular formula is C24H27N3O3. The van der Waals surface area contributed by atoms with E-state index in [1.54, 1.807) is 6.07 Å². The topological polar surface area (TPSA) is 83.2 Å². The highest BCUT2D eigenvalue weighted by molar-refractivity contribution is 6.01. The Kier molecular flexibility index (Phi) is 5.24. The summed E-state index contributed by atoms with van der Waals surface area (Å²) in [5, 5.41) is 6.95. The second-order valence-electron chi connectivity index (χ2n) is 7.93. The third-order valence-corrected chi connectivity index (χ3v) is 6.14. The molecule has 1 atom stereocenters. The number of aromatic nitrogens is 1. The van der Waals surface area contributed by atoms with E-state index in [9.17, 15) is 9.59 Å². The lowest BCUT2D eigenvalue weighted by atomic mass is 9.83. The predicted octanol–water partition coefficient (Wildman–Crippen LogP) is 5.04. The van der Waals surface area contributed by atoms with E-state index in [0.717, 1.165) is 35.1 Å². The van der Waals surface area contributed by atoms with Gasteiger partial charge in [-0.2, -0.15) is 0 Å². The van der Waals surface area contributed by atoms with E-state index in [0.29, 0.717) is 17.6 Å². The second kappa shape index (κ2) is 7.86. The number of rotatable bonds is 4. The first-order valence-electron chi connectivity index (χ1n) is 10.4. The molecule has 3 N–H and O–H groups in total. The van der Waals surface area contributed by atoms with Gasteiger partial charge in [0.1, 0.15) is 11.4 Å². The zero-order valence-electron chi connectivity index (χ0n) is 17.5. The maximum absolute atomic E-state index is 13.0. The van der Waals surface area contributed by atoms with E-state index >= 15 is 0 Å². The van der Waals surface area contributed by atoms with Crippen LogP contribution in [0.4, 0.5) is 10.5 Å². The zero-order valence-corrected chi connectivity index (χ0v) is 17.5. The summed E-state index contributed by atoms with van der Waals surface area (Å²) in [6, 6.07) is 14.4. The Labute approximate surface area is 175 Å².